The third-order valence-corrected chi connectivity index (χ3v) is 3.02. The van der Waals surface area contributed by atoms with E-state index in [2.05, 4.69) is 5.10 Å². The molecule has 0 saturated heterocycles. The lowest BCUT2D eigenvalue weighted by atomic mass is 9.67. The second-order valence-corrected chi connectivity index (χ2v) is 3.81. The molecule has 1 aliphatic rings. The monoisotopic (exact) mass is 196 g/mol. The first-order valence-electron chi connectivity index (χ1n) is 4.56. The molecular weight excluding hydrogens is 184 g/mol. The normalized spacial score (nSPS) is 18.9. The minimum atomic E-state index is -0.842. The molecule has 0 amide bonds. The van der Waals surface area contributed by atoms with E-state index >= 15 is 0 Å². The average molecular weight is 196 g/mol. The van der Waals surface area contributed by atoms with Gasteiger partial charge in [-0.15, -0.1) is 0 Å². The molecule has 0 radical (unpaired) electrons. The summed E-state index contributed by atoms with van der Waals surface area (Å²) in [4.78, 5) is 22.3. The number of H-pyrrole nitrogens is 1. The van der Waals surface area contributed by atoms with Gasteiger partial charge in [-0.05, 0) is 12.8 Å². The fourth-order valence-corrected chi connectivity index (χ4v) is 1.86. The smallest absolute Gasteiger partial charge is 0.315 e. The van der Waals surface area contributed by atoms with Gasteiger partial charge in [0.1, 0.15) is 5.41 Å². The molecule has 1 saturated carbocycles. The first-order valence-corrected chi connectivity index (χ1v) is 4.56. The number of hydrogen-bond donors (Lipinski definition) is 2. The van der Waals surface area contributed by atoms with Crippen molar-refractivity contribution >= 4 is 5.97 Å². The van der Waals surface area contributed by atoms with Crippen LogP contribution in [0.2, 0.25) is 0 Å². The largest absolute Gasteiger partial charge is 0.481 e. The Hall–Kier alpha value is -1.52. The van der Waals surface area contributed by atoms with E-state index in [0.717, 1.165) is 6.42 Å². The van der Waals surface area contributed by atoms with Crippen molar-refractivity contribution in [3.8, 4) is 0 Å². The maximum atomic E-state index is 11.2. The highest BCUT2D eigenvalue weighted by atomic mass is 16.4. The zero-order valence-electron chi connectivity index (χ0n) is 7.91. The van der Waals surface area contributed by atoms with E-state index in [0.29, 0.717) is 18.5 Å². The summed E-state index contributed by atoms with van der Waals surface area (Å²) < 4.78 is 1.30. The van der Waals surface area contributed by atoms with E-state index in [1.807, 2.05) is 0 Å². The van der Waals surface area contributed by atoms with Crippen molar-refractivity contribution in [2.75, 3.05) is 0 Å². The number of nitrogens with zero attached hydrogens (tertiary/aromatic N) is 1. The number of aryl methyl sites for hydroxylation is 1. The van der Waals surface area contributed by atoms with Crippen molar-refractivity contribution in [1.29, 1.82) is 0 Å². The Bertz CT molecular complexity index is 426. The molecule has 0 aliphatic heterocycles. The zero-order valence-corrected chi connectivity index (χ0v) is 7.91. The average Bonchev–Trinajstić information content (AvgIpc) is 2.28. The number of carbonyl (C=O) groups is 1. The summed E-state index contributed by atoms with van der Waals surface area (Å²) >= 11 is 0. The molecule has 2 rings (SSSR count). The molecule has 0 spiro atoms. The van der Waals surface area contributed by atoms with Crippen LogP contribution in [0.1, 0.15) is 25.0 Å². The Labute approximate surface area is 80.3 Å². The van der Waals surface area contributed by atoms with E-state index < -0.39 is 11.4 Å². The molecule has 0 unspecified atom stereocenters. The van der Waals surface area contributed by atoms with Crippen LogP contribution in [0, 0.1) is 0 Å². The summed E-state index contributed by atoms with van der Waals surface area (Å²) in [5.41, 5.74) is -0.489. The second-order valence-electron chi connectivity index (χ2n) is 3.81. The Morgan fingerprint density at radius 1 is 1.64 bits per heavy atom. The van der Waals surface area contributed by atoms with Crippen LogP contribution >= 0.6 is 0 Å². The predicted molar refractivity (Wildman–Crippen MR) is 49.2 cm³/mol. The van der Waals surface area contributed by atoms with Crippen molar-refractivity contribution in [3.63, 3.8) is 0 Å². The van der Waals surface area contributed by atoms with Gasteiger partial charge in [0.2, 0.25) is 0 Å². The summed E-state index contributed by atoms with van der Waals surface area (Å²) in [7, 11) is 1.58. The van der Waals surface area contributed by atoms with Crippen molar-refractivity contribution in [2.45, 2.75) is 24.7 Å². The molecule has 5 heteroatoms. The van der Waals surface area contributed by atoms with Crippen LogP contribution in [0.15, 0.2) is 10.9 Å². The van der Waals surface area contributed by atoms with Crippen molar-refractivity contribution in [1.82, 2.24) is 9.78 Å². The van der Waals surface area contributed by atoms with E-state index in [1.54, 1.807) is 7.05 Å². The minimum absolute atomic E-state index is 0.187. The third-order valence-electron chi connectivity index (χ3n) is 3.02. The SMILES string of the molecule is Cn1[nH]c(C2(C(=O)O)CCC2)cc1=O. The molecule has 0 bridgehead atoms. The van der Waals surface area contributed by atoms with Crippen molar-refractivity contribution in [3.05, 3.63) is 22.1 Å². The van der Waals surface area contributed by atoms with Gasteiger partial charge in [0.15, 0.2) is 0 Å². The standard InChI is InChI=1S/C9H12N2O3/c1-11-7(12)5-6(10-11)9(8(13)14)3-2-4-9/h5,10H,2-4H2,1H3,(H,13,14). The quantitative estimate of drug-likeness (QED) is 0.710. The van der Waals surface area contributed by atoms with Gasteiger partial charge in [-0.3, -0.25) is 19.4 Å². The number of nitrogens with one attached hydrogen (secondary N) is 1. The number of hydrogen-bond acceptors (Lipinski definition) is 2. The van der Waals surface area contributed by atoms with E-state index in [1.165, 1.54) is 10.7 Å². The fourth-order valence-electron chi connectivity index (χ4n) is 1.86. The summed E-state index contributed by atoms with van der Waals surface area (Å²) in [6.07, 6.45) is 2.13. The second kappa shape index (κ2) is 2.73. The number of aromatic nitrogens is 2. The Morgan fingerprint density at radius 3 is 2.57 bits per heavy atom. The Kier molecular flexibility index (Phi) is 1.77. The zero-order chi connectivity index (χ0) is 10.3. The molecular formula is C9H12N2O3. The number of rotatable bonds is 2. The first-order chi connectivity index (χ1) is 6.56. The predicted octanol–water partition coefficient (Wildman–Crippen LogP) is 0.220. The lowest BCUT2D eigenvalue weighted by Gasteiger charge is -2.36. The maximum absolute atomic E-state index is 11.2. The third kappa shape index (κ3) is 1.01. The highest BCUT2D eigenvalue weighted by Crippen LogP contribution is 2.42. The Morgan fingerprint density at radius 2 is 2.29 bits per heavy atom. The molecule has 1 aromatic rings. The van der Waals surface area contributed by atoms with Crippen LogP contribution in [-0.2, 0) is 17.3 Å². The van der Waals surface area contributed by atoms with Crippen LogP contribution in [0.3, 0.4) is 0 Å². The van der Waals surface area contributed by atoms with Crippen molar-refractivity contribution < 1.29 is 9.90 Å². The Balaban J connectivity index is 2.47. The molecule has 1 aliphatic carbocycles. The maximum Gasteiger partial charge on any atom is 0.315 e. The molecule has 1 heterocycles. The summed E-state index contributed by atoms with van der Waals surface area (Å²) in [6.45, 7) is 0. The van der Waals surface area contributed by atoms with Gasteiger partial charge in [-0.1, -0.05) is 6.42 Å². The molecule has 1 aromatic heterocycles. The fraction of sp³-hybridized carbons (Fsp3) is 0.556. The number of aliphatic carboxylic acids is 1. The lowest BCUT2D eigenvalue weighted by molar-refractivity contribution is -0.147. The summed E-state index contributed by atoms with van der Waals surface area (Å²) in [5, 5.41) is 11.9. The molecule has 76 valence electrons. The topological polar surface area (TPSA) is 75.1 Å². The van der Waals surface area contributed by atoms with Crippen molar-refractivity contribution in [2.24, 2.45) is 7.05 Å². The van der Waals surface area contributed by atoms with Gasteiger partial charge < -0.3 is 5.11 Å². The highest BCUT2D eigenvalue weighted by Gasteiger charge is 2.47. The number of aromatic amines is 1. The molecule has 1 fully saturated rings. The molecule has 0 aromatic carbocycles. The van der Waals surface area contributed by atoms with E-state index in [-0.39, 0.29) is 5.56 Å². The van der Waals surface area contributed by atoms with Crippen LogP contribution < -0.4 is 5.56 Å². The highest BCUT2D eigenvalue weighted by molar-refractivity contribution is 5.81. The van der Waals surface area contributed by atoms with E-state index in [4.69, 9.17) is 5.11 Å². The molecule has 0 atom stereocenters. The van der Waals surface area contributed by atoms with Gasteiger partial charge in [0.05, 0.1) is 5.69 Å². The van der Waals surface area contributed by atoms with Gasteiger partial charge in [0, 0.05) is 13.1 Å². The van der Waals surface area contributed by atoms with Gasteiger partial charge in [-0.2, -0.15) is 0 Å². The van der Waals surface area contributed by atoms with Crippen LogP contribution in [0.4, 0.5) is 0 Å². The summed E-state index contributed by atoms with van der Waals surface area (Å²) in [5.74, 6) is -0.842. The van der Waals surface area contributed by atoms with Gasteiger partial charge >= 0.3 is 5.97 Å². The lowest BCUT2D eigenvalue weighted by Crippen LogP contribution is -2.42. The minimum Gasteiger partial charge on any atom is -0.481 e. The first kappa shape index (κ1) is 9.05. The molecule has 14 heavy (non-hydrogen) atoms. The number of carboxylic acids is 1. The van der Waals surface area contributed by atoms with Gasteiger partial charge in [0.25, 0.3) is 5.56 Å². The van der Waals surface area contributed by atoms with E-state index in [9.17, 15) is 9.59 Å². The summed E-state index contributed by atoms with van der Waals surface area (Å²) in [6, 6.07) is 1.38. The van der Waals surface area contributed by atoms with Crippen LogP contribution in [0.5, 0.6) is 0 Å². The van der Waals surface area contributed by atoms with Gasteiger partial charge in [-0.25, -0.2) is 0 Å². The van der Waals surface area contributed by atoms with Crippen LogP contribution in [0.25, 0.3) is 0 Å². The molecule has 2 N–H and O–H groups in total. The molecule has 5 nitrogen and oxygen atoms in total. The van der Waals surface area contributed by atoms with Crippen LogP contribution in [-0.4, -0.2) is 20.9 Å². The number of carboxylic acid groups (broad SMARTS) is 1.